The third kappa shape index (κ3) is 7.08. The van der Waals surface area contributed by atoms with Crippen molar-refractivity contribution in [3.05, 3.63) is 30.3 Å². The fourth-order valence-electron chi connectivity index (χ4n) is 2.52. The highest BCUT2D eigenvalue weighted by Gasteiger charge is 2.29. The van der Waals surface area contributed by atoms with Crippen LogP contribution >= 0.6 is 24.0 Å². The lowest BCUT2D eigenvalue weighted by Gasteiger charge is -2.24. The van der Waals surface area contributed by atoms with Gasteiger partial charge in [0.25, 0.3) is 0 Å². The predicted molar refractivity (Wildman–Crippen MR) is 110 cm³/mol. The number of aliphatic imine (C=N–C) groups is 1. The Bertz CT molecular complexity index is 647. The van der Waals surface area contributed by atoms with Gasteiger partial charge in [0.05, 0.1) is 10.5 Å². The van der Waals surface area contributed by atoms with Crippen LogP contribution in [0.2, 0.25) is 0 Å². The Kier molecular flexibility index (Phi) is 9.11. The molecule has 2 rings (SSSR count). The van der Waals surface area contributed by atoms with Gasteiger partial charge in [-0.25, -0.2) is 13.1 Å². The molecule has 25 heavy (non-hydrogen) atoms. The molecule has 0 bridgehead atoms. The number of nitrogens with one attached hydrogen (secondary N) is 3. The fraction of sp³-hybridized carbons (Fsp3) is 0.562. The van der Waals surface area contributed by atoms with Crippen molar-refractivity contribution in [2.24, 2.45) is 4.99 Å². The van der Waals surface area contributed by atoms with E-state index in [0.717, 1.165) is 19.4 Å². The zero-order chi connectivity index (χ0) is 17.5. The molecule has 1 fully saturated rings. The van der Waals surface area contributed by atoms with Crippen molar-refractivity contribution in [2.75, 3.05) is 33.3 Å². The molecule has 1 atom stereocenters. The first kappa shape index (κ1) is 22.1. The minimum atomic E-state index is -3.47. The van der Waals surface area contributed by atoms with Gasteiger partial charge in [0.15, 0.2) is 5.96 Å². The summed E-state index contributed by atoms with van der Waals surface area (Å²) >= 11 is 0. The maximum atomic E-state index is 12.1. The lowest BCUT2D eigenvalue weighted by Crippen LogP contribution is -2.47. The Hall–Kier alpha value is -0.910. The number of hydrogen-bond donors (Lipinski definition) is 3. The Labute approximate surface area is 167 Å². The molecule has 1 aliphatic heterocycles. The third-order valence-electron chi connectivity index (χ3n) is 3.92. The molecule has 0 aromatic heterocycles. The molecule has 7 nitrogen and oxygen atoms in total. The Balaban J connectivity index is 0.00000312. The molecule has 1 saturated heterocycles. The second kappa shape index (κ2) is 10.3. The van der Waals surface area contributed by atoms with Crippen LogP contribution in [0.3, 0.4) is 0 Å². The molecule has 1 aromatic carbocycles. The molecule has 0 saturated carbocycles. The van der Waals surface area contributed by atoms with Crippen molar-refractivity contribution in [1.82, 2.24) is 15.4 Å². The molecule has 142 valence electrons. The van der Waals surface area contributed by atoms with Crippen molar-refractivity contribution in [3.8, 4) is 0 Å². The summed E-state index contributed by atoms with van der Waals surface area (Å²) in [6, 6.07) is 8.32. The molecule has 0 radical (unpaired) electrons. The summed E-state index contributed by atoms with van der Waals surface area (Å²) in [5, 5.41) is 6.31. The quantitative estimate of drug-likeness (QED) is 0.236. The smallest absolute Gasteiger partial charge is 0.240 e. The van der Waals surface area contributed by atoms with Gasteiger partial charge in [-0.3, -0.25) is 4.99 Å². The van der Waals surface area contributed by atoms with Crippen LogP contribution in [0.5, 0.6) is 0 Å². The number of nitrogens with zero attached hydrogens (tertiary/aromatic N) is 1. The predicted octanol–water partition coefficient (Wildman–Crippen LogP) is 1.32. The number of halogens is 1. The van der Waals surface area contributed by atoms with Crippen molar-refractivity contribution >= 4 is 40.0 Å². The zero-order valence-electron chi connectivity index (χ0n) is 14.6. The van der Waals surface area contributed by atoms with Crippen LogP contribution in [0.1, 0.15) is 19.8 Å². The number of guanidine groups is 1. The highest BCUT2D eigenvalue weighted by Crippen LogP contribution is 2.23. The van der Waals surface area contributed by atoms with Crippen LogP contribution in [0.25, 0.3) is 0 Å². The average molecular weight is 482 g/mol. The van der Waals surface area contributed by atoms with Crippen LogP contribution in [-0.2, 0) is 14.8 Å². The van der Waals surface area contributed by atoms with E-state index in [2.05, 4.69) is 27.3 Å². The molecule has 1 aliphatic rings. The van der Waals surface area contributed by atoms with Crippen molar-refractivity contribution in [2.45, 2.75) is 30.3 Å². The second-order valence-electron chi connectivity index (χ2n) is 5.97. The molecule has 9 heteroatoms. The summed E-state index contributed by atoms with van der Waals surface area (Å²) in [5.74, 6) is 0.630. The van der Waals surface area contributed by atoms with Gasteiger partial charge >= 0.3 is 0 Å². The highest BCUT2D eigenvalue weighted by molar-refractivity contribution is 14.0. The van der Waals surface area contributed by atoms with Gasteiger partial charge in [-0.15, -0.1) is 24.0 Å². The first-order valence-electron chi connectivity index (χ1n) is 8.08. The average Bonchev–Trinajstić information content (AvgIpc) is 3.02. The van der Waals surface area contributed by atoms with Crippen molar-refractivity contribution in [3.63, 3.8) is 0 Å². The number of ether oxygens (including phenoxy) is 1. The van der Waals surface area contributed by atoms with E-state index in [1.807, 2.05) is 0 Å². The topological polar surface area (TPSA) is 91.8 Å². The minimum Gasteiger partial charge on any atom is -0.373 e. The molecule has 0 aliphatic carbocycles. The van der Waals surface area contributed by atoms with E-state index in [1.165, 1.54) is 0 Å². The number of sulfonamides is 1. The van der Waals surface area contributed by atoms with E-state index in [4.69, 9.17) is 4.74 Å². The zero-order valence-corrected chi connectivity index (χ0v) is 17.8. The minimum absolute atomic E-state index is 0. The van der Waals surface area contributed by atoms with Gasteiger partial charge in [-0.2, -0.15) is 0 Å². The van der Waals surface area contributed by atoms with E-state index >= 15 is 0 Å². The molecule has 3 N–H and O–H groups in total. The van der Waals surface area contributed by atoms with E-state index in [9.17, 15) is 8.42 Å². The van der Waals surface area contributed by atoms with Gasteiger partial charge in [0.1, 0.15) is 0 Å². The standard InChI is InChI=1S/C16H26N4O3S.HI/c1-16(9-6-12-23-16)13-19-15(17-2)18-10-11-20-24(21,22)14-7-4-3-5-8-14;/h3-5,7-8,20H,6,9-13H2,1-2H3,(H2,17,18,19);1H. The van der Waals surface area contributed by atoms with E-state index in [1.54, 1.807) is 37.4 Å². The fourth-order valence-corrected chi connectivity index (χ4v) is 3.57. The van der Waals surface area contributed by atoms with Gasteiger partial charge in [0.2, 0.25) is 10.0 Å². The summed E-state index contributed by atoms with van der Waals surface area (Å²) < 4.78 is 32.5. The van der Waals surface area contributed by atoms with Crippen LogP contribution < -0.4 is 15.4 Å². The number of rotatable bonds is 7. The van der Waals surface area contributed by atoms with Crippen LogP contribution in [0, 0.1) is 0 Å². The third-order valence-corrected chi connectivity index (χ3v) is 5.39. The molecule has 0 amide bonds. The van der Waals surface area contributed by atoms with Gasteiger partial charge in [0, 0.05) is 33.3 Å². The Morgan fingerprint density at radius 2 is 1.96 bits per heavy atom. The monoisotopic (exact) mass is 482 g/mol. The largest absolute Gasteiger partial charge is 0.373 e. The van der Waals surface area contributed by atoms with Gasteiger partial charge in [-0.1, -0.05) is 18.2 Å². The van der Waals surface area contributed by atoms with E-state index in [0.29, 0.717) is 19.0 Å². The van der Waals surface area contributed by atoms with Gasteiger partial charge in [-0.05, 0) is 31.9 Å². The lowest BCUT2D eigenvalue weighted by molar-refractivity contribution is 0.0243. The maximum absolute atomic E-state index is 12.1. The van der Waals surface area contributed by atoms with E-state index in [-0.39, 0.29) is 41.0 Å². The number of benzene rings is 1. The molecule has 1 unspecified atom stereocenters. The Morgan fingerprint density at radius 3 is 2.56 bits per heavy atom. The van der Waals surface area contributed by atoms with Crippen molar-refractivity contribution in [1.29, 1.82) is 0 Å². The number of hydrogen-bond acceptors (Lipinski definition) is 4. The molecular weight excluding hydrogens is 455 g/mol. The maximum Gasteiger partial charge on any atom is 0.240 e. The SMILES string of the molecule is CN=C(NCCNS(=O)(=O)c1ccccc1)NCC1(C)CCCO1.I. The molecule has 0 spiro atoms. The van der Waals surface area contributed by atoms with Crippen LogP contribution in [0.4, 0.5) is 0 Å². The Morgan fingerprint density at radius 1 is 1.24 bits per heavy atom. The summed E-state index contributed by atoms with van der Waals surface area (Å²) in [6.07, 6.45) is 2.10. The first-order chi connectivity index (χ1) is 11.5. The second-order valence-corrected chi connectivity index (χ2v) is 7.73. The first-order valence-corrected chi connectivity index (χ1v) is 9.57. The molecule has 1 aromatic rings. The lowest BCUT2D eigenvalue weighted by atomic mass is 10.0. The summed E-state index contributed by atoms with van der Waals surface area (Å²) in [6.45, 7) is 4.25. The highest BCUT2D eigenvalue weighted by atomic mass is 127. The molecular formula is C16H27IN4O3S. The van der Waals surface area contributed by atoms with Crippen molar-refractivity contribution < 1.29 is 13.2 Å². The summed E-state index contributed by atoms with van der Waals surface area (Å²) in [7, 11) is -1.79. The summed E-state index contributed by atoms with van der Waals surface area (Å²) in [5.41, 5.74) is -0.160. The van der Waals surface area contributed by atoms with E-state index < -0.39 is 10.0 Å². The van der Waals surface area contributed by atoms with Gasteiger partial charge < -0.3 is 15.4 Å². The van der Waals surface area contributed by atoms with Crippen LogP contribution in [-0.4, -0.2) is 53.3 Å². The normalized spacial score (nSPS) is 20.8. The summed E-state index contributed by atoms with van der Waals surface area (Å²) in [4.78, 5) is 4.40. The van der Waals surface area contributed by atoms with Crippen LogP contribution in [0.15, 0.2) is 40.2 Å². The molecule has 1 heterocycles.